The number of nitrogens with one attached hydrogen (secondary N) is 1. The van der Waals surface area contributed by atoms with Crippen LogP contribution in [0.5, 0.6) is 0 Å². The summed E-state index contributed by atoms with van der Waals surface area (Å²) in [5.41, 5.74) is 0.879. The number of rotatable bonds is 6. The molecule has 2 aliphatic rings. The van der Waals surface area contributed by atoms with E-state index in [2.05, 4.69) is 24.1 Å². The lowest BCUT2D eigenvalue weighted by atomic mass is 9.90. The fourth-order valence-corrected chi connectivity index (χ4v) is 4.26. The van der Waals surface area contributed by atoms with Gasteiger partial charge in [0.2, 0.25) is 5.91 Å². The molecule has 0 radical (unpaired) electrons. The van der Waals surface area contributed by atoms with Gasteiger partial charge in [0.15, 0.2) is 0 Å². The zero-order valence-electron chi connectivity index (χ0n) is 17.9. The number of methoxy groups -OCH3 is 1. The summed E-state index contributed by atoms with van der Waals surface area (Å²) in [6.07, 6.45) is 0.588. The van der Waals surface area contributed by atoms with Gasteiger partial charge in [-0.2, -0.15) is 0 Å². The molecule has 3 rings (SSSR count). The van der Waals surface area contributed by atoms with Crippen molar-refractivity contribution in [2.75, 3.05) is 26.7 Å². The van der Waals surface area contributed by atoms with Crippen LogP contribution in [-0.2, 0) is 25.7 Å². The smallest absolute Gasteiger partial charge is 0.408 e. The van der Waals surface area contributed by atoms with Crippen LogP contribution in [0.15, 0.2) is 30.3 Å². The van der Waals surface area contributed by atoms with Gasteiger partial charge in [0.25, 0.3) is 0 Å². The Labute approximate surface area is 177 Å². The van der Waals surface area contributed by atoms with E-state index in [4.69, 9.17) is 9.47 Å². The molecule has 2 saturated heterocycles. The van der Waals surface area contributed by atoms with Gasteiger partial charge in [0, 0.05) is 31.7 Å². The molecule has 0 aromatic heterocycles. The number of hydrogen-bond donors (Lipinski definition) is 1. The predicted octanol–water partition coefficient (Wildman–Crippen LogP) is 1.79. The van der Waals surface area contributed by atoms with Crippen LogP contribution >= 0.6 is 0 Å². The van der Waals surface area contributed by atoms with Crippen molar-refractivity contribution in [3.05, 3.63) is 35.9 Å². The van der Waals surface area contributed by atoms with Gasteiger partial charge in [0.1, 0.15) is 12.6 Å². The standard InChI is InChI=1S/C22H31N3O5/c1-15(2)24-11-10-19(17(13-24)21(27)29-3)25-12-9-18(20(25)26)23-22(28)30-14-16-7-5-4-6-8-16/h4-8,15,17-19H,9-14H2,1-3H3,(H,23,28). The average molecular weight is 418 g/mol. The Hall–Kier alpha value is -2.61. The second-order valence-electron chi connectivity index (χ2n) is 8.15. The zero-order valence-corrected chi connectivity index (χ0v) is 17.9. The van der Waals surface area contributed by atoms with Gasteiger partial charge >= 0.3 is 12.1 Å². The quantitative estimate of drug-likeness (QED) is 0.710. The number of nitrogens with zero attached hydrogens (tertiary/aromatic N) is 2. The van der Waals surface area contributed by atoms with E-state index < -0.39 is 12.1 Å². The monoisotopic (exact) mass is 417 g/mol. The van der Waals surface area contributed by atoms with Crippen LogP contribution in [0, 0.1) is 5.92 Å². The maximum atomic E-state index is 13.0. The van der Waals surface area contributed by atoms with Crippen molar-refractivity contribution in [1.82, 2.24) is 15.1 Å². The van der Waals surface area contributed by atoms with Crippen LogP contribution in [0.3, 0.4) is 0 Å². The van der Waals surface area contributed by atoms with Crippen molar-refractivity contribution < 1.29 is 23.9 Å². The summed E-state index contributed by atoms with van der Waals surface area (Å²) in [5.74, 6) is -0.848. The summed E-state index contributed by atoms with van der Waals surface area (Å²) in [7, 11) is 1.38. The summed E-state index contributed by atoms with van der Waals surface area (Å²) in [5, 5.41) is 2.67. The molecule has 164 valence electrons. The van der Waals surface area contributed by atoms with Crippen LogP contribution in [0.25, 0.3) is 0 Å². The lowest BCUT2D eigenvalue weighted by Crippen LogP contribution is -2.56. The lowest BCUT2D eigenvalue weighted by Gasteiger charge is -2.42. The van der Waals surface area contributed by atoms with Crippen LogP contribution in [0.2, 0.25) is 0 Å². The van der Waals surface area contributed by atoms with Crippen molar-refractivity contribution in [1.29, 1.82) is 0 Å². The van der Waals surface area contributed by atoms with Crippen LogP contribution in [-0.4, -0.2) is 72.6 Å². The Morgan fingerprint density at radius 2 is 1.90 bits per heavy atom. The minimum Gasteiger partial charge on any atom is -0.469 e. The van der Waals surface area contributed by atoms with Gasteiger partial charge in [-0.1, -0.05) is 30.3 Å². The van der Waals surface area contributed by atoms with Crippen LogP contribution in [0.4, 0.5) is 4.79 Å². The Bertz CT molecular complexity index is 754. The molecule has 3 unspecified atom stereocenters. The molecule has 3 atom stereocenters. The molecule has 2 heterocycles. The van der Waals surface area contributed by atoms with Gasteiger partial charge < -0.3 is 19.7 Å². The van der Waals surface area contributed by atoms with Crippen molar-refractivity contribution in [3.63, 3.8) is 0 Å². The highest BCUT2D eigenvalue weighted by Crippen LogP contribution is 2.28. The number of carbonyl (C=O) groups is 3. The lowest BCUT2D eigenvalue weighted by molar-refractivity contribution is -0.152. The summed E-state index contributed by atoms with van der Waals surface area (Å²) in [6.45, 7) is 6.22. The molecule has 2 aliphatic heterocycles. The number of likely N-dealkylation sites (tertiary alicyclic amines) is 2. The molecule has 1 aromatic rings. The third-order valence-electron chi connectivity index (χ3n) is 5.99. The SMILES string of the molecule is COC(=O)C1CN(C(C)C)CCC1N1CCC(NC(=O)OCc2ccccc2)C1=O. The largest absolute Gasteiger partial charge is 0.469 e. The van der Waals surface area contributed by atoms with Crippen molar-refractivity contribution in [2.45, 2.75) is 51.4 Å². The summed E-state index contributed by atoms with van der Waals surface area (Å²) >= 11 is 0. The van der Waals surface area contributed by atoms with Crippen LogP contribution < -0.4 is 5.32 Å². The number of benzene rings is 1. The number of alkyl carbamates (subject to hydrolysis) is 1. The highest BCUT2D eigenvalue weighted by molar-refractivity contribution is 5.88. The molecule has 1 aromatic carbocycles. The van der Waals surface area contributed by atoms with Gasteiger partial charge in [-0.3, -0.25) is 14.5 Å². The summed E-state index contributed by atoms with van der Waals surface area (Å²) in [6, 6.07) is 8.85. The summed E-state index contributed by atoms with van der Waals surface area (Å²) in [4.78, 5) is 41.5. The molecule has 0 saturated carbocycles. The molecule has 30 heavy (non-hydrogen) atoms. The van der Waals surface area contributed by atoms with E-state index in [1.807, 2.05) is 30.3 Å². The second-order valence-corrected chi connectivity index (χ2v) is 8.15. The Morgan fingerprint density at radius 3 is 2.57 bits per heavy atom. The minimum atomic E-state index is -0.630. The first kappa shape index (κ1) is 22.1. The van der Waals surface area contributed by atoms with Gasteiger partial charge in [-0.05, 0) is 32.3 Å². The van der Waals surface area contributed by atoms with Gasteiger partial charge in [0.05, 0.1) is 13.0 Å². The number of carbonyl (C=O) groups excluding carboxylic acids is 3. The highest BCUT2D eigenvalue weighted by atomic mass is 16.5. The second kappa shape index (κ2) is 9.93. The fraction of sp³-hybridized carbons (Fsp3) is 0.591. The molecule has 0 spiro atoms. The van der Waals surface area contributed by atoms with E-state index in [9.17, 15) is 14.4 Å². The fourth-order valence-electron chi connectivity index (χ4n) is 4.26. The van der Waals surface area contributed by atoms with E-state index in [0.29, 0.717) is 32.0 Å². The molecule has 8 nitrogen and oxygen atoms in total. The molecule has 1 N–H and O–H groups in total. The maximum absolute atomic E-state index is 13.0. The number of amides is 2. The van der Waals surface area contributed by atoms with E-state index in [1.165, 1.54) is 7.11 Å². The third-order valence-corrected chi connectivity index (χ3v) is 5.99. The number of esters is 1. The topological polar surface area (TPSA) is 88.2 Å². The summed E-state index contributed by atoms with van der Waals surface area (Å²) < 4.78 is 10.2. The normalized spacial score (nSPS) is 24.7. The molecule has 2 amide bonds. The molecular weight excluding hydrogens is 386 g/mol. The molecule has 8 heteroatoms. The minimum absolute atomic E-state index is 0.148. The highest BCUT2D eigenvalue weighted by Gasteiger charge is 2.45. The Balaban J connectivity index is 1.58. The molecular formula is C22H31N3O5. The Morgan fingerprint density at radius 1 is 1.17 bits per heavy atom. The first-order valence-corrected chi connectivity index (χ1v) is 10.5. The molecule has 0 bridgehead atoms. The maximum Gasteiger partial charge on any atom is 0.408 e. The van der Waals surface area contributed by atoms with Crippen LogP contribution in [0.1, 0.15) is 32.3 Å². The van der Waals surface area contributed by atoms with Gasteiger partial charge in [-0.15, -0.1) is 0 Å². The van der Waals surface area contributed by atoms with E-state index in [-0.39, 0.29) is 30.4 Å². The van der Waals surface area contributed by atoms with E-state index in [0.717, 1.165) is 12.1 Å². The molecule has 2 fully saturated rings. The van der Waals surface area contributed by atoms with E-state index >= 15 is 0 Å². The van der Waals surface area contributed by atoms with Crippen molar-refractivity contribution >= 4 is 18.0 Å². The average Bonchev–Trinajstić information content (AvgIpc) is 3.11. The number of ether oxygens (including phenoxy) is 2. The van der Waals surface area contributed by atoms with E-state index in [1.54, 1.807) is 4.90 Å². The third kappa shape index (κ3) is 5.11. The zero-order chi connectivity index (χ0) is 21.7. The van der Waals surface area contributed by atoms with Crippen molar-refractivity contribution in [2.24, 2.45) is 5.92 Å². The predicted molar refractivity (Wildman–Crippen MR) is 111 cm³/mol. The Kier molecular flexibility index (Phi) is 7.31. The molecule has 0 aliphatic carbocycles. The van der Waals surface area contributed by atoms with Gasteiger partial charge in [-0.25, -0.2) is 4.79 Å². The number of piperidine rings is 1. The first-order valence-electron chi connectivity index (χ1n) is 10.5. The first-order chi connectivity index (χ1) is 14.4. The van der Waals surface area contributed by atoms with Crippen molar-refractivity contribution in [3.8, 4) is 0 Å². The number of hydrogen-bond acceptors (Lipinski definition) is 6.